The van der Waals surface area contributed by atoms with Crippen molar-refractivity contribution in [3.8, 4) is 12.3 Å². The Balaban J connectivity index is 3.30. The highest BCUT2D eigenvalue weighted by Crippen LogP contribution is 2.14. The molecule has 0 amide bonds. The van der Waals surface area contributed by atoms with Crippen LogP contribution < -0.4 is 5.46 Å². The number of hydrogen-bond acceptors (Lipinski definition) is 2. The molecular weight excluding hydrogens is 259 g/mol. The predicted octanol–water partition coefficient (Wildman–Crippen LogP) is 1.52. The fourth-order valence-corrected chi connectivity index (χ4v) is 1.84. The Bertz CT molecular complexity index is 572. The van der Waals surface area contributed by atoms with E-state index in [0.717, 1.165) is 6.07 Å². The Morgan fingerprint density at radius 2 is 1.82 bits per heavy atom. The van der Waals surface area contributed by atoms with Crippen molar-refractivity contribution >= 4 is 22.7 Å². The Morgan fingerprint density at radius 3 is 2.24 bits per heavy atom. The lowest BCUT2D eigenvalue weighted by Crippen LogP contribution is -2.34. The fraction of sp³-hybridized carbons (Fsp3) is 0.111. The Kier molecular flexibility index (Phi) is 3.52. The van der Waals surface area contributed by atoms with Crippen LogP contribution in [0, 0.1) is 12.3 Å². The topological polar surface area (TPSA) is 34.1 Å². The first-order valence-corrected chi connectivity index (χ1v) is 5.90. The first-order valence-electron chi connectivity index (χ1n) is 4.34. The van der Waals surface area contributed by atoms with Crippen molar-refractivity contribution in [2.24, 2.45) is 0 Å². The highest BCUT2D eigenvalue weighted by molar-refractivity contribution is 7.85. The maximum absolute atomic E-state index is 12.5. The predicted molar refractivity (Wildman–Crippen MR) is 56.8 cm³/mol. The van der Waals surface area contributed by atoms with Crippen LogP contribution in [0.2, 0.25) is 0 Å². The van der Waals surface area contributed by atoms with Gasteiger partial charge in [0.25, 0.3) is 0 Å². The molecule has 0 saturated heterocycles. The van der Waals surface area contributed by atoms with Gasteiger partial charge in [-0.1, -0.05) is 18.1 Å². The molecule has 0 aromatic heterocycles. The van der Waals surface area contributed by atoms with E-state index < -0.39 is 28.4 Å². The van der Waals surface area contributed by atoms with Crippen molar-refractivity contribution in [2.45, 2.75) is 5.75 Å². The Hall–Kier alpha value is -1.49. The van der Waals surface area contributed by atoms with Gasteiger partial charge in [0.15, 0.2) is 0 Å². The van der Waals surface area contributed by atoms with Crippen molar-refractivity contribution in [1.82, 2.24) is 0 Å². The molecular formula is C9H6BF4O2S-. The quantitative estimate of drug-likeness (QED) is 0.359. The fourth-order valence-electron chi connectivity index (χ4n) is 1.27. The third-order valence-electron chi connectivity index (χ3n) is 1.90. The molecule has 0 atom stereocenters. The van der Waals surface area contributed by atoms with Gasteiger partial charge in [0.05, 0.1) is 0 Å². The van der Waals surface area contributed by atoms with Crippen LogP contribution in [0.5, 0.6) is 0 Å². The lowest BCUT2D eigenvalue weighted by molar-refractivity contribution is 0.500. The standard InChI is InChI=1S/C9H6BF4O2S/c1-2-7-3-8(6-17(14,15)16)5-9(4-7)10(11,12)13/h1,3-5H,6H2/q-1. The van der Waals surface area contributed by atoms with Crippen LogP contribution in [0.1, 0.15) is 11.1 Å². The Labute approximate surface area is 95.9 Å². The molecule has 1 aromatic carbocycles. The number of terminal acetylenes is 1. The minimum absolute atomic E-state index is 0.139. The zero-order chi connectivity index (χ0) is 13.3. The Morgan fingerprint density at radius 1 is 1.24 bits per heavy atom. The molecule has 8 heteroatoms. The first kappa shape index (κ1) is 13.6. The lowest BCUT2D eigenvalue weighted by Gasteiger charge is -2.16. The van der Waals surface area contributed by atoms with Gasteiger partial charge in [0, 0.05) is 5.56 Å². The average molecular weight is 265 g/mol. The van der Waals surface area contributed by atoms with E-state index in [-0.39, 0.29) is 11.1 Å². The average Bonchev–Trinajstić information content (AvgIpc) is 2.13. The summed E-state index contributed by atoms with van der Waals surface area (Å²) >= 11 is 0. The summed E-state index contributed by atoms with van der Waals surface area (Å²) in [5, 5.41) is 0. The molecule has 0 bridgehead atoms. The molecule has 2 nitrogen and oxygen atoms in total. The summed E-state index contributed by atoms with van der Waals surface area (Å²) in [4.78, 5) is 0. The zero-order valence-electron chi connectivity index (χ0n) is 8.33. The van der Waals surface area contributed by atoms with Gasteiger partial charge >= 0.3 is 17.2 Å². The maximum atomic E-state index is 12.5. The van der Waals surface area contributed by atoms with Crippen LogP contribution in [0.3, 0.4) is 0 Å². The van der Waals surface area contributed by atoms with Gasteiger partial charge in [-0.05, 0) is 11.6 Å². The molecule has 0 saturated carbocycles. The molecule has 0 aliphatic carbocycles. The van der Waals surface area contributed by atoms with Crippen LogP contribution in [0.25, 0.3) is 0 Å². The molecule has 0 heterocycles. The SMILES string of the molecule is C#Cc1cc(CS(=O)(=O)F)cc([B-](F)(F)F)c1. The molecule has 0 aliphatic heterocycles. The second-order valence-corrected chi connectivity index (χ2v) is 4.73. The largest absolute Gasteiger partial charge is 0.509 e. The molecule has 92 valence electrons. The van der Waals surface area contributed by atoms with E-state index in [1.165, 1.54) is 0 Å². The summed E-state index contributed by atoms with van der Waals surface area (Å²) in [6.45, 7) is -5.31. The summed E-state index contributed by atoms with van der Waals surface area (Å²) in [6.07, 6.45) is 4.94. The molecule has 1 aromatic rings. The number of benzene rings is 1. The first-order chi connectivity index (χ1) is 7.62. The third-order valence-corrected chi connectivity index (χ3v) is 2.58. The summed E-state index contributed by atoms with van der Waals surface area (Å²) in [7, 11) is -4.89. The van der Waals surface area contributed by atoms with E-state index in [9.17, 15) is 25.3 Å². The number of hydrogen-bond donors (Lipinski definition) is 0. The van der Waals surface area contributed by atoms with Gasteiger partial charge in [-0.3, -0.25) is 0 Å². The zero-order valence-corrected chi connectivity index (χ0v) is 9.15. The van der Waals surface area contributed by atoms with Crippen molar-refractivity contribution in [1.29, 1.82) is 0 Å². The summed E-state index contributed by atoms with van der Waals surface area (Å²) < 4.78 is 70.5. The molecule has 0 radical (unpaired) electrons. The summed E-state index contributed by atoms with van der Waals surface area (Å²) in [5.41, 5.74) is -1.50. The highest BCUT2D eigenvalue weighted by atomic mass is 32.3. The third kappa shape index (κ3) is 4.11. The highest BCUT2D eigenvalue weighted by Gasteiger charge is 2.26. The van der Waals surface area contributed by atoms with E-state index in [4.69, 9.17) is 6.42 Å². The molecule has 1 rings (SSSR count). The van der Waals surface area contributed by atoms with E-state index in [1.807, 2.05) is 5.92 Å². The lowest BCUT2D eigenvalue weighted by atomic mass is 9.78. The van der Waals surface area contributed by atoms with Crippen LogP contribution in [0.15, 0.2) is 18.2 Å². The van der Waals surface area contributed by atoms with Crippen LogP contribution in [0.4, 0.5) is 16.8 Å². The van der Waals surface area contributed by atoms with E-state index >= 15 is 0 Å². The van der Waals surface area contributed by atoms with Crippen molar-refractivity contribution < 1.29 is 25.3 Å². The normalized spacial score (nSPS) is 12.2. The minimum Gasteiger partial charge on any atom is -0.445 e. The van der Waals surface area contributed by atoms with Gasteiger partial charge < -0.3 is 12.9 Å². The monoisotopic (exact) mass is 265 g/mol. The molecule has 0 N–H and O–H groups in total. The number of halogens is 4. The van der Waals surface area contributed by atoms with E-state index in [0.29, 0.717) is 12.1 Å². The van der Waals surface area contributed by atoms with Gasteiger partial charge in [0.2, 0.25) is 0 Å². The molecule has 0 spiro atoms. The second kappa shape index (κ2) is 4.41. The second-order valence-electron chi connectivity index (χ2n) is 3.37. The van der Waals surface area contributed by atoms with E-state index in [2.05, 4.69) is 0 Å². The molecule has 17 heavy (non-hydrogen) atoms. The number of rotatable bonds is 3. The van der Waals surface area contributed by atoms with Gasteiger partial charge in [0.1, 0.15) is 5.75 Å². The molecule has 0 fully saturated rings. The summed E-state index contributed by atoms with van der Waals surface area (Å²) in [5.74, 6) is 0.835. The van der Waals surface area contributed by atoms with Crippen molar-refractivity contribution in [2.75, 3.05) is 0 Å². The van der Waals surface area contributed by atoms with Crippen molar-refractivity contribution in [3.05, 3.63) is 29.3 Å². The summed E-state index contributed by atoms with van der Waals surface area (Å²) in [6, 6.07) is 2.33. The van der Waals surface area contributed by atoms with Crippen LogP contribution >= 0.6 is 0 Å². The smallest absolute Gasteiger partial charge is 0.445 e. The van der Waals surface area contributed by atoms with Crippen LogP contribution in [-0.2, 0) is 16.0 Å². The van der Waals surface area contributed by atoms with Gasteiger partial charge in [-0.25, -0.2) is 0 Å². The molecule has 0 unspecified atom stereocenters. The van der Waals surface area contributed by atoms with Crippen molar-refractivity contribution in [3.63, 3.8) is 0 Å². The van der Waals surface area contributed by atoms with Gasteiger partial charge in [-0.15, -0.1) is 15.8 Å². The maximum Gasteiger partial charge on any atom is 0.509 e. The minimum atomic E-state index is -5.31. The molecule has 0 aliphatic rings. The van der Waals surface area contributed by atoms with Gasteiger partial charge in [-0.2, -0.15) is 8.42 Å². The van der Waals surface area contributed by atoms with E-state index in [1.54, 1.807) is 0 Å². The van der Waals surface area contributed by atoms with Crippen LogP contribution in [-0.4, -0.2) is 15.4 Å².